The summed E-state index contributed by atoms with van der Waals surface area (Å²) in [5.41, 5.74) is 9.32. The molecule has 0 bridgehead atoms. The maximum Gasteiger partial charge on any atom is 0.228 e. The van der Waals surface area contributed by atoms with Crippen molar-refractivity contribution in [1.29, 1.82) is 0 Å². The van der Waals surface area contributed by atoms with Crippen molar-refractivity contribution < 1.29 is 19.0 Å². The first kappa shape index (κ1) is 21.2. The zero-order chi connectivity index (χ0) is 20.3. The van der Waals surface area contributed by atoms with Gasteiger partial charge in [-0.15, -0.1) is 0 Å². The van der Waals surface area contributed by atoms with Crippen LogP contribution in [-0.2, 0) is 25.4 Å². The second kappa shape index (κ2) is 11.5. The molecule has 2 heterocycles. The van der Waals surface area contributed by atoms with E-state index in [9.17, 15) is 4.79 Å². The molecule has 0 saturated heterocycles. The van der Waals surface area contributed by atoms with Gasteiger partial charge in [-0.3, -0.25) is 4.79 Å². The largest absolute Gasteiger partial charge is 0.378 e. The van der Waals surface area contributed by atoms with Crippen molar-refractivity contribution in [2.24, 2.45) is 5.73 Å². The number of rotatable bonds is 13. The van der Waals surface area contributed by atoms with E-state index in [1.165, 1.54) is 0 Å². The van der Waals surface area contributed by atoms with Crippen molar-refractivity contribution in [3.05, 3.63) is 42.1 Å². The zero-order valence-corrected chi connectivity index (χ0v) is 16.5. The number of carbonyl (C=O) groups is 1. The van der Waals surface area contributed by atoms with Crippen molar-refractivity contribution >= 4 is 17.4 Å². The van der Waals surface area contributed by atoms with Gasteiger partial charge in [-0.05, 0) is 35.4 Å². The van der Waals surface area contributed by atoms with Gasteiger partial charge in [0.25, 0.3) is 0 Å². The lowest BCUT2D eigenvalue weighted by Gasteiger charge is -2.09. The highest BCUT2D eigenvalue weighted by molar-refractivity contribution is 5.99. The summed E-state index contributed by atoms with van der Waals surface area (Å²) in [4.78, 5) is 15.9. The third kappa shape index (κ3) is 6.79. The lowest BCUT2D eigenvalue weighted by atomic mass is 10.0. The minimum absolute atomic E-state index is 0.0418. The van der Waals surface area contributed by atoms with Crippen LogP contribution >= 0.6 is 0 Å². The number of nitrogens with one attached hydrogen (secondary N) is 2. The highest BCUT2D eigenvalue weighted by Crippen LogP contribution is 2.29. The second-order valence-corrected chi connectivity index (χ2v) is 6.58. The molecule has 1 aliphatic rings. The van der Waals surface area contributed by atoms with Crippen LogP contribution in [0.1, 0.15) is 5.56 Å². The van der Waals surface area contributed by atoms with E-state index in [1.807, 2.05) is 36.5 Å². The molecule has 0 fully saturated rings. The van der Waals surface area contributed by atoms with Crippen LogP contribution in [0.15, 0.2) is 36.5 Å². The molecule has 0 aliphatic carbocycles. The Morgan fingerprint density at radius 2 is 1.69 bits per heavy atom. The number of nitrogens with two attached hydrogens (primary N) is 1. The highest BCUT2D eigenvalue weighted by Gasteiger charge is 2.17. The number of fused-ring (bicyclic) bond motifs is 1. The number of amides is 1. The molecule has 8 heteroatoms. The number of nitrogens with zero attached hydrogens (tertiary/aromatic N) is 1. The van der Waals surface area contributed by atoms with Gasteiger partial charge in [-0.2, -0.15) is 0 Å². The van der Waals surface area contributed by atoms with Gasteiger partial charge in [0.05, 0.1) is 46.1 Å². The van der Waals surface area contributed by atoms with Crippen molar-refractivity contribution in [3.63, 3.8) is 0 Å². The summed E-state index contributed by atoms with van der Waals surface area (Å²) in [6.07, 6.45) is 2.26. The third-order valence-electron chi connectivity index (χ3n) is 4.39. The number of pyridine rings is 1. The maximum absolute atomic E-state index is 11.5. The molecule has 0 atom stereocenters. The average molecular weight is 400 g/mol. The molecule has 156 valence electrons. The predicted octanol–water partition coefficient (Wildman–Crippen LogP) is 1.66. The number of aromatic nitrogens is 1. The first-order valence-corrected chi connectivity index (χ1v) is 9.82. The molecule has 1 aliphatic heterocycles. The fourth-order valence-corrected chi connectivity index (χ4v) is 2.95. The van der Waals surface area contributed by atoms with Crippen LogP contribution < -0.4 is 16.4 Å². The monoisotopic (exact) mass is 400 g/mol. The van der Waals surface area contributed by atoms with E-state index >= 15 is 0 Å². The van der Waals surface area contributed by atoms with Gasteiger partial charge in [-0.25, -0.2) is 4.98 Å². The van der Waals surface area contributed by atoms with Gasteiger partial charge in [0.15, 0.2) is 0 Å². The Bertz CT molecular complexity index is 783. The summed E-state index contributed by atoms with van der Waals surface area (Å²) < 4.78 is 16.1. The summed E-state index contributed by atoms with van der Waals surface area (Å²) in [6, 6.07) is 9.93. The second-order valence-electron chi connectivity index (χ2n) is 6.58. The molecule has 1 amide bonds. The van der Waals surface area contributed by atoms with Crippen LogP contribution in [-0.4, -0.2) is 63.6 Å². The number of hydrogen-bond donors (Lipinski definition) is 3. The van der Waals surface area contributed by atoms with Crippen LogP contribution in [0.2, 0.25) is 0 Å². The summed E-state index contributed by atoms with van der Waals surface area (Å²) in [7, 11) is 0. The van der Waals surface area contributed by atoms with Crippen molar-refractivity contribution in [1.82, 2.24) is 4.98 Å². The van der Waals surface area contributed by atoms with Crippen molar-refractivity contribution in [3.8, 4) is 11.1 Å². The lowest BCUT2D eigenvalue weighted by Crippen LogP contribution is -2.15. The van der Waals surface area contributed by atoms with E-state index in [1.54, 1.807) is 0 Å². The van der Waals surface area contributed by atoms with E-state index < -0.39 is 0 Å². The first-order chi connectivity index (χ1) is 14.3. The van der Waals surface area contributed by atoms with Gasteiger partial charge in [-0.1, -0.05) is 6.07 Å². The molecule has 29 heavy (non-hydrogen) atoms. The van der Waals surface area contributed by atoms with E-state index in [2.05, 4.69) is 15.6 Å². The van der Waals surface area contributed by atoms with Gasteiger partial charge >= 0.3 is 0 Å². The SMILES string of the molecule is NCCOCCOCCOCCNc1ccc(-c2ccc3c(c2)CC(=O)N3)cn1. The minimum atomic E-state index is 0.0418. The van der Waals surface area contributed by atoms with Gasteiger partial charge in [0, 0.05) is 30.5 Å². The van der Waals surface area contributed by atoms with Crippen LogP contribution in [0.3, 0.4) is 0 Å². The number of carbonyl (C=O) groups excluding carboxylic acids is 1. The molecule has 0 saturated carbocycles. The van der Waals surface area contributed by atoms with Crippen LogP contribution in [0.5, 0.6) is 0 Å². The van der Waals surface area contributed by atoms with Gasteiger partial charge in [0.2, 0.25) is 5.91 Å². The number of hydrogen-bond acceptors (Lipinski definition) is 7. The molecule has 0 radical (unpaired) electrons. The molecule has 8 nitrogen and oxygen atoms in total. The molecule has 4 N–H and O–H groups in total. The molecule has 1 aromatic heterocycles. The summed E-state index contributed by atoms with van der Waals surface area (Å²) >= 11 is 0. The molecule has 3 rings (SSSR count). The third-order valence-corrected chi connectivity index (χ3v) is 4.39. The van der Waals surface area contributed by atoms with Crippen molar-refractivity contribution in [2.45, 2.75) is 6.42 Å². The smallest absolute Gasteiger partial charge is 0.228 e. The van der Waals surface area contributed by atoms with Crippen LogP contribution in [0.4, 0.5) is 11.5 Å². The van der Waals surface area contributed by atoms with Crippen LogP contribution in [0.25, 0.3) is 11.1 Å². The Morgan fingerprint density at radius 3 is 2.41 bits per heavy atom. The zero-order valence-electron chi connectivity index (χ0n) is 16.5. The quantitative estimate of drug-likeness (QED) is 0.439. The number of benzene rings is 1. The molecule has 1 aromatic carbocycles. The molecule has 0 unspecified atom stereocenters. The summed E-state index contributed by atoms with van der Waals surface area (Å²) in [5, 5.41) is 6.08. The number of ether oxygens (including phenoxy) is 3. The van der Waals surface area contributed by atoms with E-state index in [4.69, 9.17) is 19.9 Å². The lowest BCUT2D eigenvalue weighted by molar-refractivity contribution is -0.115. The Morgan fingerprint density at radius 1 is 0.966 bits per heavy atom. The van der Waals surface area contributed by atoms with E-state index in [-0.39, 0.29) is 5.91 Å². The fraction of sp³-hybridized carbons (Fsp3) is 0.429. The molecule has 0 spiro atoms. The van der Waals surface area contributed by atoms with E-state index in [0.29, 0.717) is 59.2 Å². The minimum Gasteiger partial charge on any atom is -0.378 e. The van der Waals surface area contributed by atoms with Crippen molar-refractivity contribution in [2.75, 3.05) is 63.4 Å². The summed E-state index contributed by atoms with van der Waals surface area (Å²) in [6.45, 7) is 4.52. The standard InChI is InChI=1S/C21H28N4O4/c22-5-7-27-9-11-29-12-10-28-8-6-23-20-4-2-17(15-24-20)16-1-3-19-18(13-16)14-21(26)25-19/h1-4,13,15H,5-12,14,22H2,(H,23,24)(H,25,26). The average Bonchev–Trinajstić information content (AvgIpc) is 3.11. The molecular formula is C21H28N4O4. The summed E-state index contributed by atoms with van der Waals surface area (Å²) in [5.74, 6) is 0.837. The topological polar surface area (TPSA) is 108 Å². The van der Waals surface area contributed by atoms with Gasteiger partial charge in [0.1, 0.15) is 5.82 Å². The van der Waals surface area contributed by atoms with Crippen LogP contribution in [0, 0.1) is 0 Å². The molecule has 2 aromatic rings. The maximum atomic E-state index is 11.5. The Hall–Kier alpha value is -2.52. The normalized spacial score (nSPS) is 12.7. The van der Waals surface area contributed by atoms with E-state index in [0.717, 1.165) is 28.2 Å². The molecular weight excluding hydrogens is 372 g/mol. The first-order valence-electron chi connectivity index (χ1n) is 9.82. The number of anilines is 2. The predicted molar refractivity (Wildman–Crippen MR) is 112 cm³/mol. The Balaban J connectivity index is 1.31. The fourth-order valence-electron chi connectivity index (χ4n) is 2.95. The van der Waals surface area contributed by atoms with Gasteiger partial charge < -0.3 is 30.6 Å². The Labute approximate surface area is 170 Å². The highest BCUT2D eigenvalue weighted by atomic mass is 16.5. The Kier molecular flexibility index (Phi) is 8.39.